The second-order valence-electron chi connectivity index (χ2n) is 4.48. The molecule has 20 heavy (non-hydrogen) atoms. The average molecular weight is 292 g/mol. The van der Waals surface area contributed by atoms with Gasteiger partial charge >= 0.3 is 0 Å². The van der Waals surface area contributed by atoms with Crippen LogP contribution in [0.3, 0.4) is 0 Å². The minimum atomic E-state index is -3.19. The quantitative estimate of drug-likeness (QED) is 0.924. The molecule has 0 saturated heterocycles. The highest BCUT2D eigenvalue weighted by atomic mass is 32.2. The van der Waals surface area contributed by atoms with Crippen LogP contribution in [-0.2, 0) is 9.84 Å². The van der Waals surface area contributed by atoms with Crippen LogP contribution in [0.4, 0.5) is 0 Å². The smallest absolute Gasteiger partial charge is 0.175 e. The molecule has 1 aromatic carbocycles. The Labute approximate surface area is 118 Å². The zero-order valence-electron chi connectivity index (χ0n) is 11.3. The summed E-state index contributed by atoms with van der Waals surface area (Å²) in [5, 5.41) is 0. The average Bonchev–Trinajstić information content (AvgIpc) is 2.46. The maximum absolute atomic E-state index is 11.4. The van der Waals surface area contributed by atoms with Gasteiger partial charge in [-0.2, -0.15) is 0 Å². The molecule has 0 bridgehead atoms. The molecule has 2 aromatic rings. The van der Waals surface area contributed by atoms with E-state index in [0.29, 0.717) is 5.75 Å². The summed E-state index contributed by atoms with van der Waals surface area (Å²) in [5.74, 6) is 0.630. The van der Waals surface area contributed by atoms with Crippen molar-refractivity contribution in [2.45, 2.75) is 10.9 Å². The maximum atomic E-state index is 11.4. The first kappa shape index (κ1) is 14.5. The van der Waals surface area contributed by atoms with Crippen molar-refractivity contribution >= 4 is 9.84 Å². The van der Waals surface area contributed by atoms with Gasteiger partial charge in [0.25, 0.3) is 0 Å². The highest BCUT2D eigenvalue weighted by Crippen LogP contribution is 2.23. The van der Waals surface area contributed by atoms with Crippen LogP contribution in [0.15, 0.2) is 47.6 Å². The van der Waals surface area contributed by atoms with Crippen molar-refractivity contribution in [2.24, 2.45) is 5.73 Å². The molecule has 5 nitrogen and oxygen atoms in total. The number of methoxy groups -OCH3 is 1. The molecule has 0 aliphatic heterocycles. The second kappa shape index (κ2) is 5.60. The van der Waals surface area contributed by atoms with E-state index in [0.717, 1.165) is 11.1 Å². The van der Waals surface area contributed by atoms with E-state index in [4.69, 9.17) is 10.5 Å². The molecule has 0 radical (unpaired) electrons. The van der Waals surface area contributed by atoms with Crippen LogP contribution < -0.4 is 10.5 Å². The Morgan fingerprint density at radius 2 is 1.80 bits per heavy atom. The summed E-state index contributed by atoms with van der Waals surface area (Å²) in [4.78, 5) is 4.33. The summed E-state index contributed by atoms with van der Waals surface area (Å²) in [6, 6.07) is 7.95. The SMILES string of the molecule is COc1cncc(C(N)c2ccc(S(C)(=O)=O)cc2)c1. The second-order valence-corrected chi connectivity index (χ2v) is 6.49. The Morgan fingerprint density at radius 3 is 2.35 bits per heavy atom. The Balaban J connectivity index is 2.31. The number of hydrogen-bond acceptors (Lipinski definition) is 5. The van der Waals surface area contributed by atoms with Gasteiger partial charge in [-0.05, 0) is 29.3 Å². The Kier molecular flexibility index (Phi) is 4.06. The van der Waals surface area contributed by atoms with Crippen LogP contribution in [0.2, 0.25) is 0 Å². The highest BCUT2D eigenvalue weighted by molar-refractivity contribution is 7.90. The molecular weight excluding hydrogens is 276 g/mol. The summed E-state index contributed by atoms with van der Waals surface area (Å²) < 4.78 is 27.9. The van der Waals surface area contributed by atoms with Gasteiger partial charge in [-0.15, -0.1) is 0 Å². The molecule has 2 rings (SSSR count). The van der Waals surface area contributed by atoms with E-state index in [1.807, 2.05) is 6.07 Å². The van der Waals surface area contributed by atoms with Crippen molar-refractivity contribution in [1.29, 1.82) is 0 Å². The third kappa shape index (κ3) is 3.15. The number of pyridine rings is 1. The first-order valence-electron chi connectivity index (χ1n) is 5.96. The van der Waals surface area contributed by atoms with Crippen molar-refractivity contribution in [3.63, 3.8) is 0 Å². The molecule has 0 saturated carbocycles. The van der Waals surface area contributed by atoms with E-state index in [9.17, 15) is 8.42 Å². The molecule has 0 amide bonds. The predicted molar refractivity (Wildman–Crippen MR) is 76.4 cm³/mol. The summed E-state index contributed by atoms with van der Waals surface area (Å²) in [7, 11) is -1.63. The fourth-order valence-corrected chi connectivity index (χ4v) is 2.46. The minimum absolute atomic E-state index is 0.275. The van der Waals surface area contributed by atoms with E-state index in [1.165, 1.54) is 6.26 Å². The topological polar surface area (TPSA) is 82.3 Å². The van der Waals surface area contributed by atoms with Crippen molar-refractivity contribution in [3.05, 3.63) is 53.9 Å². The molecule has 1 aromatic heterocycles. The maximum Gasteiger partial charge on any atom is 0.175 e. The lowest BCUT2D eigenvalue weighted by Gasteiger charge is -2.13. The lowest BCUT2D eigenvalue weighted by atomic mass is 10.0. The van der Waals surface area contributed by atoms with Crippen LogP contribution in [0.25, 0.3) is 0 Å². The fourth-order valence-electron chi connectivity index (χ4n) is 1.83. The molecule has 2 N–H and O–H groups in total. The lowest BCUT2D eigenvalue weighted by Crippen LogP contribution is -2.12. The van der Waals surface area contributed by atoms with Crippen molar-refractivity contribution < 1.29 is 13.2 Å². The van der Waals surface area contributed by atoms with Gasteiger partial charge < -0.3 is 10.5 Å². The zero-order chi connectivity index (χ0) is 14.8. The van der Waals surface area contributed by atoms with E-state index in [1.54, 1.807) is 43.8 Å². The van der Waals surface area contributed by atoms with Crippen LogP contribution >= 0.6 is 0 Å². The number of ether oxygens (including phenoxy) is 1. The van der Waals surface area contributed by atoms with Gasteiger partial charge in [-0.1, -0.05) is 12.1 Å². The zero-order valence-corrected chi connectivity index (χ0v) is 12.1. The van der Waals surface area contributed by atoms with Gasteiger partial charge in [0.15, 0.2) is 9.84 Å². The van der Waals surface area contributed by atoms with Crippen LogP contribution in [0, 0.1) is 0 Å². The Hall–Kier alpha value is -1.92. The van der Waals surface area contributed by atoms with Gasteiger partial charge in [0.05, 0.1) is 24.2 Å². The molecule has 6 heteroatoms. The summed E-state index contributed by atoms with van der Waals surface area (Å²) in [6.45, 7) is 0. The van der Waals surface area contributed by atoms with E-state index in [-0.39, 0.29) is 10.9 Å². The van der Waals surface area contributed by atoms with Crippen LogP contribution in [0.5, 0.6) is 5.75 Å². The first-order chi connectivity index (χ1) is 9.41. The Bertz CT molecular complexity index is 697. The van der Waals surface area contributed by atoms with Crippen LogP contribution in [0.1, 0.15) is 17.2 Å². The largest absolute Gasteiger partial charge is 0.495 e. The molecule has 0 aliphatic rings. The van der Waals surface area contributed by atoms with E-state index >= 15 is 0 Å². The lowest BCUT2D eigenvalue weighted by molar-refractivity contribution is 0.412. The number of nitrogens with zero attached hydrogens (tertiary/aromatic N) is 1. The molecule has 106 valence electrons. The minimum Gasteiger partial charge on any atom is -0.495 e. The highest BCUT2D eigenvalue weighted by Gasteiger charge is 2.12. The summed E-state index contributed by atoms with van der Waals surface area (Å²) >= 11 is 0. The van der Waals surface area contributed by atoms with Crippen molar-refractivity contribution in [1.82, 2.24) is 4.98 Å². The third-order valence-corrected chi connectivity index (χ3v) is 4.12. The predicted octanol–water partition coefficient (Wildman–Crippen LogP) is 1.54. The monoisotopic (exact) mass is 292 g/mol. The van der Waals surface area contributed by atoms with Crippen molar-refractivity contribution in [2.75, 3.05) is 13.4 Å². The number of sulfone groups is 1. The standard InChI is InChI=1S/C14H16N2O3S/c1-19-12-7-11(8-16-9-12)14(15)10-3-5-13(6-4-10)20(2,17)18/h3-9,14H,15H2,1-2H3. The molecule has 1 unspecified atom stereocenters. The van der Waals surface area contributed by atoms with Crippen molar-refractivity contribution in [3.8, 4) is 5.75 Å². The fraction of sp³-hybridized carbons (Fsp3) is 0.214. The molecule has 0 fully saturated rings. The molecular formula is C14H16N2O3S. The first-order valence-corrected chi connectivity index (χ1v) is 7.85. The summed E-state index contributed by atoms with van der Waals surface area (Å²) in [6.07, 6.45) is 4.44. The molecule has 0 aliphatic carbocycles. The van der Waals surface area contributed by atoms with E-state index in [2.05, 4.69) is 4.98 Å². The van der Waals surface area contributed by atoms with Gasteiger partial charge in [0.2, 0.25) is 0 Å². The van der Waals surface area contributed by atoms with E-state index < -0.39 is 9.84 Å². The number of benzene rings is 1. The van der Waals surface area contributed by atoms with Crippen LogP contribution in [-0.4, -0.2) is 26.8 Å². The Morgan fingerprint density at radius 1 is 1.15 bits per heavy atom. The number of aromatic nitrogens is 1. The number of hydrogen-bond donors (Lipinski definition) is 1. The van der Waals surface area contributed by atoms with Gasteiger partial charge in [0, 0.05) is 12.5 Å². The normalized spacial score (nSPS) is 12.9. The molecule has 0 spiro atoms. The third-order valence-electron chi connectivity index (χ3n) is 3.00. The number of nitrogens with two attached hydrogens (primary N) is 1. The van der Waals surface area contributed by atoms with Gasteiger partial charge in [-0.25, -0.2) is 8.42 Å². The molecule has 1 heterocycles. The molecule has 1 atom stereocenters. The number of rotatable bonds is 4. The van der Waals surface area contributed by atoms with Gasteiger partial charge in [0.1, 0.15) is 5.75 Å². The van der Waals surface area contributed by atoms with Gasteiger partial charge in [-0.3, -0.25) is 4.98 Å². The summed E-state index contributed by atoms with van der Waals surface area (Å²) in [5.41, 5.74) is 7.77.